The summed E-state index contributed by atoms with van der Waals surface area (Å²) in [5, 5.41) is 14.5. The van der Waals surface area contributed by atoms with Gasteiger partial charge in [-0.25, -0.2) is 5.01 Å². The van der Waals surface area contributed by atoms with Gasteiger partial charge in [-0.1, -0.05) is 57.5 Å². The fraction of sp³-hybridized carbons (Fsp3) is 0.640. The van der Waals surface area contributed by atoms with Crippen LogP contribution in [0.1, 0.15) is 65.4 Å². The number of carbonyl (C=O) groups is 3. The third-order valence-corrected chi connectivity index (χ3v) is 4.94. The molecule has 1 fully saturated rings. The van der Waals surface area contributed by atoms with E-state index in [0.717, 1.165) is 25.8 Å². The molecule has 0 bridgehead atoms. The van der Waals surface area contributed by atoms with Gasteiger partial charge in [0.25, 0.3) is 5.91 Å². The van der Waals surface area contributed by atoms with E-state index < -0.39 is 12.0 Å². The second-order valence-electron chi connectivity index (χ2n) is 7.89. The first-order valence-corrected chi connectivity index (χ1v) is 11.9. The third-order valence-electron chi connectivity index (χ3n) is 4.94. The molecule has 8 heteroatoms. The number of hydrogen-bond donors (Lipinski definition) is 2. The molecule has 1 aromatic rings. The Labute approximate surface area is 199 Å². The zero-order valence-electron chi connectivity index (χ0n) is 21.2. The lowest BCUT2D eigenvalue weighted by Gasteiger charge is -2.29. The van der Waals surface area contributed by atoms with Crippen molar-refractivity contribution in [2.24, 2.45) is 0 Å². The van der Waals surface area contributed by atoms with Crippen molar-refractivity contribution in [2.75, 3.05) is 27.2 Å². The SMILES string of the molecule is CCC.CCC(=O)O.CCOC(=O)[C@H](CCc1ccccc1)N[C@H]1CCCN(C)N(C)C1=O. The number of esters is 1. The molecule has 0 aliphatic carbocycles. The van der Waals surface area contributed by atoms with Crippen molar-refractivity contribution in [1.82, 2.24) is 15.3 Å². The number of hydrazine groups is 1. The van der Waals surface area contributed by atoms with Crippen LogP contribution in [0.3, 0.4) is 0 Å². The number of carbonyl (C=O) groups excluding carboxylic acids is 2. The van der Waals surface area contributed by atoms with Crippen molar-refractivity contribution in [3.63, 3.8) is 0 Å². The van der Waals surface area contributed by atoms with Crippen molar-refractivity contribution >= 4 is 17.8 Å². The van der Waals surface area contributed by atoms with Crippen LogP contribution in [0.2, 0.25) is 0 Å². The average Bonchev–Trinajstić information content (AvgIpc) is 2.92. The smallest absolute Gasteiger partial charge is 0.323 e. The van der Waals surface area contributed by atoms with Gasteiger partial charge in [-0.15, -0.1) is 0 Å². The van der Waals surface area contributed by atoms with E-state index in [0.29, 0.717) is 13.0 Å². The quantitative estimate of drug-likeness (QED) is 0.567. The van der Waals surface area contributed by atoms with Gasteiger partial charge in [0.15, 0.2) is 0 Å². The molecule has 1 amide bonds. The molecule has 0 radical (unpaired) electrons. The van der Waals surface area contributed by atoms with Crippen LogP contribution in [0, 0.1) is 0 Å². The van der Waals surface area contributed by atoms with Gasteiger partial charge in [-0.3, -0.25) is 24.7 Å². The lowest BCUT2D eigenvalue weighted by atomic mass is 10.0. The number of carboxylic acid groups (broad SMARTS) is 1. The molecule has 0 spiro atoms. The van der Waals surface area contributed by atoms with Gasteiger partial charge in [-0.05, 0) is 38.2 Å². The van der Waals surface area contributed by atoms with Gasteiger partial charge in [0.05, 0.1) is 12.6 Å². The first-order chi connectivity index (χ1) is 15.7. The predicted molar refractivity (Wildman–Crippen MR) is 131 cm³/mol. The Bertz CT molecular complexity index is 684. The van der Waals surface area contributed by atoms with Gasteiger partial charge < -0.3 is 9.84 Å². The highest BCUT2D eigenvalue weighted by Crippen LogP contribution is 2.13. The van der Waals surface area contributed by atoms with Crippen LogP contribution in [0.25, 0.3) is 0 Å². The molecule has 1 heterocycles. The first kappa shape index (κ1) is 30.6. The Hall–Kier alpha value is -2.45. The number of benzene rings is 1. The minimum Gasteiger partial charge on any atom is -0.481 e. The van der Waals surface area contributed by atoms with Crippen LogP contribution < -0.4 is 5.32 Å². The van der Waals surface area contributed by atoms with Crippen LogP contribution in [0.5, 0.6) is 0 Å². The van der Waals surface area contributed by atoms with Crippen LogP contribution in [-0.4, -0.2) is 72.3 Å². The first-order valence-electron chi connectivity index (χ1n) is 11.9. The lowest BCUT2D eigenvalue weighted by molar-refractivity contribution is -0.148. The molecule has 188 valence electrons. The van der Waals surface area contributed by atoms with Gasteiger partial charge in [0.1, 0.15) is 6.04 Å². The van der Waals surface area contributed by atoms with Gasteiger partial charge in [-0.2, -0.15) is 0 Å². The van der Waals surface area contributed by atoms with Crippen molar-refractivity contribution in [3.05, 3.63) is 35.9 Å². The van der Waals surface area contributed by atoms with Gasteiger partial charge in [0, 0.05) is 27.1 Å². The maximum atomic E-state index is 12.6. The molecule has 2 atom stereocenters. The number of aliphatic carboxylic acids is 1. The Morgan fingerprint density at radius 2 is 1.73 bits per heavy atom. The Kier molecular flexibility index (Phi) is 16.7. The summed E-state index contributed by atoms with van der Waals surface area (Å²) >= 11 is 0. The van der Waals surface area contributed by atoms with Crippen LogP contribution >= 0.6 is 0 Å². The van der Waals surface area contributed by atoms with E-state index in [4.69, 9.17) is 9.84 Å². The standard InChI is InChI=1S/C19H29N3O3.C3H6O2.C3H8/c1-4-25-19(24)17(13-12-15-9-6-5-7-10-15)20-16-11-8-14-21(2)22(3)18(16)23;1-2-3(4)5;1-3-2/h5-7,9-10,16-17,20H,4,8,11-14H2,1-3H3;2H2,1H3,(H,4,5);3H2,1-2H3/t16-,17-;;/m0../s1. The summed E-state index contributed by atoms with van der Waals surface area (Å²) in [6, 6.07) is 9.19. The largest absolute Gasteiger partial charge is 0.481 e. The lowest BCUT2D eigenvalue weighted by Crippen LogP contribution is -2.53. The highest BCUT2D eigenvalue weighted by atomic mass is 16.5. The number of nitrogens with zero attached hydrogens (tertiary/aromatic N) is 2. The zero-order valence-corrected chi connectivity index (χ0v) is 21.2. The molecule has 1 aliphatic rings. The zero-order chi connectivity index (χ0) is 25.2. The van der Waals surface area contributed by atoms with Crippen molar-refractivity contribution in [2.45, 2.75) is 78.3 Å². The minimum absolute atomic E-state index is 0.00555. The molecule has 1 aromatic carbocycles. The highest BCUT2D eigenvalue weighted by Gasteiger charge is 2.31. The summed E-state index contributed by atoms with van der Waals surface area (Å²) in [5.41, 5.74) is 1.17. The van der Waals surface area contributed by atoms with E-state index in [9.17, 15) is 14.4 Å². The highest BCUT2D eigenvalue weighted by molar-refractivity contribution is 5.83. The third kappa shape index (κ3) is 13.0. The van der Waals surface area contributed by atoms with E-state index >= 15 is 0 Å². The number of hydrogen-bond acceptors (Lipinski definition) is 6. The number of ether oxygens (including phenoxy) is 1. The van der Waals surface area contributed by atoms with E-state index in [1.165, 1.54) is 12.0 Å². The molecular formula is C25H43N3O5. The minimum atomic E-state index is -0.745. The van der Waals surface area contributed by atoms with Crippen LogP contribution in [-0.2, 0) is 25.5 Å². The number of aryl methyl sites for hydroxylation is 1. The second-order valence-corrected chi connectivity index (χ2v) is 7.89. The number of rotatable bonds is 8. The number of nitrogens with one attached hydrogen (secondary N) is 1. The number of carboxylic acids is 1. The number of amides is 1. The maximum absolute atomic E-state index is 12.6. The van der Waals surface area contributed by atoms with Crippen molar-refractivity contribution in [1.29, 1.82) is 0 Å². The number of likely N-dealkylation sites (N-methyl/N-ethyl adjacent to an activating group) is 1. The normalized spacial score (nSPS) is 17.0. The second kappa shape index (κ2) is 18.0. The fourth-order valence-corrected chi connectivity index (χ4v) is 3.06. The molecule has 0 unspecified atom stereocenters. The fourth-order valence-electron chi connectivity index (χ4n) is 3.06. The monoisotopic (exact) mass is 465 g/mol. The average molecular weight is 466 g/mol. The molecule has 0 aromatic heterocycles. The molecular weight excluding hydrogens is 422 g/mol. The van der Waals surface area contributed by atoms with Gasteiger partial charge >= 0.3 is 11.9 Å². The Balaban J connectivity index is 0.00000111. The van der Waals surface area contributed by atoms with Crippen LogP contribution in [0.15, 0.2) is 30.3 Å². The summed E-state index contributed by atoms with van der Waals surface area (Å²) < 4.78 is 5.21. The van der Waals surface area contributed by atoms with E-state index in [-0.39, 0.29) is 24.3 Å². The van der Waals surface area contributed by atoms with Gasteiger partial charge in [0.2, 0.25) is 0 Å². The van der Waals surface area contributed by atoms with E-state index in [2.05, 4.69) is 19.2 Å². The molecule has 33 heavy (non-hydrogen) atoms. The summed E-state index contributed by atoms with van der Waals surface area (Å²) in [4.78, 5) is 34.3. The summed E-state index contributed by atoms with van der Waals surface area (Å²) in [6.45, 7) is 8.81. The summed E-state index contributed by atoms with van der Waals surface area (Å²) in [5.74, 6) is -1.04. The molecule has 0 saturated carbocycles. The molecule has 2 N–H and O–H groups in total. The van der Waals surface area contributed by atoms with Crippen molar-refractivity contribution < 1.29 is 24.2 Å². The molecule has 1 aliphatic heterocycles. The molecule has 1 saturated heterocycles. The van der Waals surface area contributed by atoms with Crippen LogP contribution in [0.4, 0.5) is 0 Å². The molecule has 2 rings (SSSR count). The molecule has 8 nitrogen and oxygen atoms in total. The van der Waals surface area contributed by atoms with Crippen molar-refractivity contribution in [3.8, 4) is 0 Å². The Morgan fingerprint density at radius 1 is 1.15 bits per heavy atom. The summed E-state index contributed by atoms with van der Waals surface area (Å²) in [7, 11) is 3.67. The topological polar surface area (TPSA) is 99.2 Å². The predicted octanol–water partition coefficient (Wildman–Crippen LogP) is 3.51. The van der Waals surface area contributed by atoms with E-state index in [1.807, 2.05) is 42.4 Å². The maximum Gasteiger partial charge on any atom is 0.323 e. The Morgan fingerprint density at radius 3 is 2.24 bits per heavy atom. The summed E-state index contributed by atoms with van der Waals surface area (Å²) in [6.07, 6.45) is 4.45. The van der Waals surface area contributed by atoms with E-state index in [1.54, 1.807) is 25.9 Å².